The van der Waals surface area contributed by atoms with Crippen molar-refractivity contribution in [1.82, 2.24) is 10.3 Å². The molecular weight excluding hydrogens is 244 g/mol. The summed E-state index contributed by atoms with van der Waals surface area (Å²) in [5, 5.41) is 2.68. The van der Waals surface area contributed by atoms with Gasteiger partial charge in [-0.25, -0.2) is 0 Å². The van der Waals surface area contributed by atoms with Gasteiger partial charge in [-0.1, -0.05) is 19.8 Å². The number of hydrogen-bond donors (Lipinski definition) is 1. The molecule has 0 saturated carbocycles. The van der Waals surface area contributed by atoms with E-state index in [1.54, 1.807) is 24.5 Å². The number of aromatic nitrogens is 1. The van der Waals surface area contributed by atoms with Crippen LogP contribution in [0.3, 0.4) is 0 Å². The molecule has 0 atom stereocenters. The molecule has 5 heteroatoms. The molecule has 1 N–H and O–H groups in total. The minimum atomic E-state index is -0.202. The largest absolute Gasteiger partial charge is 0.464 e. The van der Waals surface area contributed by atoms with Crippen molar-refractivity contribution < 1.29 is 14.3 Å². The number of nitrogens with one attached hydrogen (secondary N) is 1. The van der Waals surface area contributed by atoms with Crippen LogP contribution in [0, 0.1) is 0 Å². The SMILES string of the molecule is CCCCCC(=O)OCCNC(=O)c1ccncc1. The zero-order valence-corrected chi connectivity index (χ0v) is 11.2. The third-order valence-electron chi connectivity index (χ3n) is 2.58. The van der Waals surface area contributed by atoms with E-state index in [9.17, 15) is 9.59 Å². The predicted molar refractivity (Wildman–Crippen MR) is 71.7 cm³/mol. The number of hydrogen-bond acceptors (Lipinski definition) is 4. The van der Waals surface area contributed by atoms with Gasteiger partial charge in [-0.3, -0.25) is 14.6 Å². The summed E-state index contributed by atoms with van der Waals surface area (Å²) >= 11 is 0. The molecule has 0 saturated heterocycles. The van der Waals surface area contributed by atoms with Crippen LogP contribution in [0.2, 0.25) is 0 Å². The van der Waals surface area contributed by atoms with Gasteiger partial charge < -0.3 is 10.1 Å². The fourth-order valence-electron chi connectivity index (χ4n) is 1.53. The summed E-state index contributed by atoms with van der Waals surface area (Å²) in [5.41, 5.74) is 0.546. The van der Waals surface area contributed by atoms with E-state index in [1.807, 2.05) is 0 Å². The van der Waals surface area contributed by atoms with Crippen molar-refractivity contribution in [3.8, 4) is 0 Å². The zero-order chi connectivity index (χ0) is 13.9. The quantitative estimate of drug-likeness (QED) is 0.575. The molecule has 1 aromatic heterocycles. The molecule has 0 bridgehead atoms. The van der Waals surface area contributed by atoms with Gasteiger partial charge in [0.15, 0.2) is 0 Å². The number of pyridine rings is 1. The number of unbranched alkanes of at least 4 members (excludes halogenated alkanes) is 2. The molecule has 19 heavy (non-hydrogen) atoms. The molecule has 0 spiro atoms. The van der Waals surface area contributed by atoms with Gasteiger partial charge in [0, 0.05) is 24.4 Å². The zero-order valence-electron chi connectivity index (χ0n) is 11.2. The lowest BCUT2D eigenvalue weighted by Gasteiger charge is -2.06. The third-order valence-corrected chi connectivity index (χ3v) is 2.58. The van der Waals surface area contributed by atoms with E-state index in [1.165, 1.54) is 0 Å². The normalized spacial score (nSPS) is 9.95. The Morgan fingerprint density at radius 1 is 1.26 bits per heavy atom. The van der Waals surface area contributed by atoms with Crippen LogP contribution < -0.4 is 5.32 Å². The second-order valence-corrected chi connectivity index (χ2v) is 4.17. The Kier molecular flexibility index (Phi) is 7.24. The maximum atomic E-state index is 11.6. The smallest absolute Gasteiger partial charge is 0.305 e. The van der Waals surface area contributed by atoms with Crippen molar-refractivity contribution in [2.75, 3.05) is 13.2 Å². The fraction of sp³-hybridized carbons (Fsp3) is 0.500. The lowest BCUT2D eigenvalue weighted by atomic mass is 10.2. The average Bonchev–Trinajstić information content (AvgIpc) is 2.44. The molecule has 1 heterocycles. The second-order valence-electron chi connectivity index (χ2n) is 4.17. The lowest BCUT2D eigenvalue weighted by Crippen LogP contribution is -2.28. The summed E-state index contributed by atoms with van der Waals surface area (Å²) in [7, 11) is 0. The van der Waals surface area contributed by atoms with Gasteiger partial charge >= 0.3 is 5.97 Å². The van der Waals surface area contributed by atoms with Gasteiger partial charge in [0.05, 0.1) is 6.54 Å². The van der Waals surface area contributed by atoms with Gasteiger partial charge in [-0.05, 0) is 18.6 Å². The number of carbonyl (C=O) groups excluding carboxylic acids is 2. The van der Waals surface area contributed by atoms with Crippen molar-refractivity contribution in [2.45, 2.75) is 32.6 Å². The van der Waals surface area contributed by atoms with Crippen LogP contribution in [0.1, 0.15) is 43.0 Å². The first-order valence-corrected chi connectivity index (χ1v) is 6.58. The van der Waals surface area contributed by atoms with Crippen LogP contribution in [0.4, 0.5) is 0 Å². The molecule has 1 aromatic rings. The summed E-state index contributed by atoms with van der Waals surface area (Å²) in [6.45, 7) is 2.61. The maximum Gasteiger partial charge on any atom is 0.305 e. The molecular formula is C14H20N2O3. The number of ether oxygens (including phenoxy) is 1. The summed E-state index contributed by atoms with van der Waals surface area (Å²) < 4.78 is 5.01. The highest BCUT2D eigenvalue weighted by atomic mass is 16.5. The molecule has 5 nitrogen and oxygen atoms in total. The van der Waals surface area contributed by atoms with Gasteiger partial charge in [0.2, 0.25) is 0 Å². The van der Waals surface area contributed by atoms with E-state index in [0.29, 0.717) is 18.5 Å². The number of carbonyl (C=O) groups is 2. The van der Waals surface area contributed by atoms with Crippen LogP contribution in [0.5, 0.6) is 0 Å². The molecule has 0 aliphatic heterocycles. The Morgan fingerprint density at radius 3 is 2.68 bits per heavy atom. The molecule has 0 fully saturated rings. The van der Waals surface area contributed by atoms with E-state index >= 15 is 0 Å². The summed E-state index contributed by atoms with van der Waals surface area (Å²) in [6.07, 6.45) is 6.54. The minimum absolute atomic E-state index is 0.190. The van der Waals surface area contributed by atoms with Crippen molar-refractivity contribution in [3.63, 3.8) is 0 Å². The van der Waals surface area contributed by atoms with E-state index in [2.05, 4.69) is 17.2 Å². The van der Waals surface area contributed by atoms with Crippen molar-refractivity contribution in [1.29, 1.82) is 0 Å². The van der Waals surface area contributed by atoms with Crippen LogP contribution in [-0.4, -0.2) is 30.0 Å². The Balaban J connectivity index is 2.11. The first-order chi connectivity index (χ1) is 9.24. The second kappa shape index (κ2) is 9.08. The van der Waals surface area contributed by atoms with Crippen molar-refractivity contribution in [3.05, 3.63) is 30.1 Å². The van der Waals surface area contributed by atoms with Gasteiger partial charge in [0.25, 0.3) is 5.91 Å². The Bertz CT molecular complexity index is 393. The summed E-state index contributed by atoms with van der Waals surface area (Å²) in [6, 6.07) is 3.26. The number of amides is 1. The van der Waals surface area contributed by atoms with Crippen molar-refractivity contribution >= 4 is 11.9 Å². The van der Waals surface area contributed by atoms with E-state index in [0.717, 1.165) is 19.3 Å². The van der Waals surface area contributed by atoms with Crippen molar-refractivity contribution in [2.24, 2.45) is 0 Å². The maximum absolute atomic E-state index is 11.6. The Labute approximate surface area is 113 Å². The Hall–Kier alpha value is -1.91. The summed E-state index contributed by atoms with van der Waals surface area (Å²) in [4.78, 5) is 26.7. The van der Waals surface area contributed by atoms with Gasteiger partial charge in [-0.15, -0.1) is 0 Å². The fourth-order valence-corrected chi connectivity index (χ4v) is 1.53. The van der Waals surface area contributed by atoms with Crippen LogP contribution >= 0.6 is 0 Å². The van der Waals surface area contributed by atoms with Gasteiger partial charge in [0.1, 0.15) is 6.61 Å². The molecule has 0 aromatic carbocycles. The highest BCUT2D eigenvalue weighted by Gasteiger charge is 2.05. The lowest BCUT2D eigenvalue weighted by molar-refractivity contribution is -0.143. The molecule has 0 aliphatic rings. The van der Waals surface area contributed by atoms with Gasteiger partial charge in [-0.2, -0.15) is 0 Å². The molecule has 0 radical (unpaired) electrons. The van der Waals surface area contributed by atoms with Crippen LogP contribution in [0.15, 0.2) is 24.5 Å². The molecule has 0 aliphatic carbocycles. The number of rotatable bonds is 8. The minimum Gasteiger partial charge on any atom is -0.464 e. The molecule has 1 amide bonds. The van der Waals surface area contributed by atoms with Crippen LogP contribution in [0.25, 0.3) is 0 Å². The highest BCUT2D eigenvalue weighted by molar-refractivity contribution is 5.93. The predicted octanol–water partition coefficient (Wildman–Crippen LogP) is 1.93. The molecule has 104 valence electrons. The molecule has 1 rings (SSSR count). The van der Waals surface area contributed by atoms with E-state index in [4.69, 9.17) is 4.74 Å². The Morgan fingerprint density at radius 2 is 2.00 bits per heavy atom. The average molecular weight is 264 g/mol. The van der Waals surface area contributed by atoms with E-state index in [-0.39, 0.29) is 18.5 Å². The summed E-state index contributed by atoms with van der Waals surface area (Å²) in [5.74, 6) is -0.393. The highest BCUT2D eigenvalue weighted by Crippen LogP contribution is 2.00. The standard InChI is InChI=1S/C14H20N2O3/c1-2-3-4-5-13(17)19-11-10-16-14(18)12-6-8-15-9-7-12/h6-9H,2-5,10-11H2,1H3,(H,16,18). The third kappa shape index (κ3) is 6.55. The first kappa shape index (κ1) is 15.1. The topological polar surface area (TPSA) is 68.3 Å². The number of esters is 1. The molecule has 0 unspecified atom stereocenters. The van der Waals surface area contributed by atoms with Crippen LogP contribution in [-0.2, 0) is 9.53 Å². The number of nitrogens with zero attached hydrogens (tertiary/aromatic N) is 1. The van der Waals surface area contributed by atoms with E-state index < -0.39 is 0 Å². The first-order valence-electron chi connectivity index (χ1n) is 6.58. The monoisotopic (exact) mass is 264 g/mol.